The van der Waals surface area contributed by atoms with Gasteiger partial charge in [0.2, 0.25) is 0 Å². The van der Waals surface area contributed by atoms with Gasteiger partial charge >= 0.3 is 0 Å². The fourth-order valence-electron chi connectivity index (χ4n) is 2.83. The van der Waals surface area contributed by atoms with E-state index in [-0.39, 0.29) is 6.04 Å². The van der Waals surface area contributed by atoms with Crippen molar-refractivity contribution in [3.05, 3.63) is 0 Å². The lowest BCUT2D eigenvalue weighted by molar-refractivity contribution is 0.215. The second kappa shape index (κ2) is 3.06. The Bertz CT molecular complexity index is 206. The van der Waals surface area contributed by atoms with Gasteiger partial charge in [-0.15, -0.1) is 0 Å². The summed E-state index contributed by atoms with van der Waals surface area (Å²) in [6.45, 7) is 3.19. The predicted octanol–water partition coefficient (Wildman–Crippen LogP) is 1.77. The van der Waals surface area contributed by atoms with Gasteiger partial charge in [0, 0.05) is 12.6 Å². The first-order valence-corrected chi connectivity index (χ1v) is 4.98. The van der Waals surface area contributed by atoms with Crippen molar-refractivity contribution in [3.63, 3.8) is 0 Å². The van der Waals surface area contributed by atoms with Gasteiger partial charge in [0.05, 0.1) is 12.1 Å². The summed E-state index contributed by atoms with van der Waals surface area (Å²) < 4.78 is 0. The SMILES string of the molecule is CC(C#N)N1CCC2CCCC21. The van der Waals surface area contributed by atoms with Crippen molar-refractivity contribution in [1.29, 1.82) is 5.26 Å². The van der Waals surface area contributed by atoms with Crippen LogP contribution in [0.4, 0.5) is 0 Å². The van der Waals surface area contributed by atoms with Crippen LogP contribution in [-0.2, 0) is 0 Å². The summed E-state index contributed by atoms with van der Waals surface area (Å²) in [5.41, 5.74) is 0. The molecule has 3 atom stereocenters. The molecule has 2 heteroatoms. The molecule has 2 rings (SSSR count). The number of likely N-dealkylation sites (tertiary alicyclic amines) is 1. The van der Waals surface area contributed by atoms with Gasteiger partial charge in [-0.05, 0) is 32.1 Å². The van der Waals surface area contributed by atoms with Crippen LogP contribution in [0.2, 0.25) is 0 Å². The quantitative estimate of drug-likeness (QED) is 0.590. The highest BCUT2D eigenvalue weighted by Gasteiger charge is 2.39. The third-order valence-electron chi connectivity index (χ3n) is 3.49. The second-order valence-corrected chi connectivity index (χ2v) is 4.09. The zero-order chi connectivity index (χ0) is 8.55. The van der Waals surface area contributed by atoms with Crippen LogP contribution in [0.25, 0.3) is 0 Å². The molecule has 0 amide bonds. The average molecular weight is 164 g/mol. The van der Waals surface area contributed by atoms with Crippen molar-refractivity contribution < 1.29 is 0 Å². The molecule has 0 aromatic carbocycles. The number of rotatable bonds is 1. The summed E-state index contributed by atoms with van der Waals surface area (Å²) in [5, 5.41) is 8.82. The minimum Gasteiger partial charge on any atom is -0.285 e. The lowest BCUT2D eigenvalue weighted by Crippen LogP contribution is -2.36. The van der Waals surface area contributed by atoms with Gasteiger partial charge in [0.15, 0.2) is 0 Å². The maximum Gasteiger partial charge on any atom is 0.0951 e. The molecule has 0 bridgehead atoms. The maximum absolute atomic E-state index is 8.82. The highest BCUT2D eigenvalue weighted by molar-refractivity contribution is 4.99. The monoisotopic (exact) mass is 164 g/mol. The molecule has 2 aliphatic rings. The van der Waals surface area contributed by atoms with Crippen molar-refractivity contribution >= 4 is 0 Å². The van der Waals surface area contributed by atoms with Gasteiger partial charge < -0.3 is 0 Å². The molecule has 0 aromatic heterocycles. The predicted molar refractivity (Wildman–Crippen MR) is 47.5 cm³/mol. The molecule has 1 aliphatic carbocycles. The molecular weight excluding hydrogens is 148 g/mol. The molecule has 1 saturated carbocycles. The number of hydrogen-bond donors (Lipinski definition) is 0. The van der Waals surface area contributed by atoms with E-state index >= 15 is 0 Å². The standard InChI is InChI=1S/C10H16N2/c1-8(7-11)12-6-5-9-3-2-4-10(9)12/h8-10H,2-6H2,1H3. The van der Waals surface area contributed by atoms with Crippen LogP contribution in [0, 0.1) is 17.2 Å². The molecule has 3 unspecified atom stereocenters. The summed E-state index contributed by atoms with van der Waals surface area (Å²) in [6, 6.07) is 3.23. The van der Waals surface area contributed by atoms with Gasteiger partial charge in [-0.25, -0.2) is 0 Å². The average Bonchev–Trinajstić information content (AvgIpc) is 2.62. The molecular formula is C10H16N2. The lowest BCUT2D eigenvalue weighted by Gasteiger charge is -2.25. The minimum atomic E-state index is 0.137. The van der Waals surface area contributed by atoms with Crippen LogP contribution >= 0.6 is 0 Å². The Hall–Kier alpha value is -0.550. The van der Waals surface area contributed by atoms with E-state index in [4.69, 9.17) is 5.26 Å². The number of nitriles is 1. The lowest BCUT2D eigenvalue weighted by atomic mass is 10.0. The molecule has 2 nitrogen and oxygen atoms in total. The summed E-state index contributed by atoms with van der Waals surface area (Å²) in [4.78, 5) is 2.40. The van der Waals surface area contributed by atoms with Crippen LogP contribution < -0.4 is 0 Å². The van der Waals surface area contributed by atoms with E-state index in [1.54, 1.807) is 0 Å². The highest BCUT2D eigenvalue weighted by Crippen LogP contribution is 2.38. The second-order valence-electron chi connectivity index (χ2n) is 4.09. The van der Waals surface area contributed by atoms with E-state index in [1.807, 2.05) is 6.92 Å². The fraction of sp³-hybridized carbons (Fsp3) is 0.900. The van der Waals surface area contributed by atoms with Gasteiger partial charge in [-0.3, -0.25) is 4.90 Å². The number of hydrogen-bond acceptors (Lipinski definition) is 2. The molecule has 0 radical (unpaired) electrons. The first-order valence-electron chi connectivity index (χ1n) is 4.98. The Morgan fingerprint density at radius 1 is 1.42 bits per heavy atom. The maximum atomic E-state index is 8.82. The Morgan fingerprint density at radius 3 is 3.00 bits per heavy atom. The third-order valence-corrected chi connectivity index (χ3v) is 3.49. The molecule has 12 heavy (non-hydrogen) atoms. The van der Waals surface area contributed by atoms with Crippen LogP contribution in [0.1, 0.15) is 32.6 Å². The zero-order valence-corrected chi connectivity index (χ0v) is 7.66. The van der Waals surface area contributed by atoms with Crippen molar-refractivity contribution in [2.45, 2.75) is 44.7 Å². The van der Waals surface area contributed by atoms with E-state index < -0.39 is 0 Å². The molecule has 1 aliphatic heterocycles. The van der Waals surface area contributed by atoms with E-state index in [9.17, 15) is 0 Å². The number of nitrogens with zero attached hydrogens (tertiary/aromatic N) is 2. The van der Waals surface area contributed by atoms with Crippen molar-refractivity contribution in [3.8, 4) is 6.07 Å². The molecule has 1 saturated heterocycles. The summed E-state index contributed by atoms with van der Waals surface area (Å²) >= 11 is 0. The van der Waals surface area contributed by atoms with Crippen LogP contribution in [0.5, 0.6) is 0 Å². The van der Waals surface area contributed by atoms with E-state index in [1.165, 1.54) is 25.7 Å². The normalized spacial score (nSPS) is 37.7. The molecule has 2 fully saturated rings. The smallest absolute Gasteiger partial charge is 0.0951 e. The minimum absolute atomic E-state index is 0.137. The Labute approximate surface area is 74.2 Å². The van der Waals surface area contributed by atoms with Gasteiger partial charge in [0.25, 0.3) is 0 Å². The van der Waals surface area contributed by atoms with E-state index in [0.717, 1.165) is 18.5 Å². The highest BCUT2D eigenvalue weighted by atomic mass is 15.2. The Balaban J connectivity index is 2.05. The topological polar surface area (TPSA) is 27.0 Å². The van der Waals surface area contributed by atoms with Crippen molar-refractivity contribution in [1.82, 2.24) is 4.90 Å². The molecule has 0 aromatic rings. The Kier molecular flexibility index (Phi) is 2.06. The van der Waals surface area contributed by atoms with Gasteiger partial charge in [-0.1, -0.05) is 6.42 Å². The summed E-state index contributed by atoms with van der Waals surface area (Å²) in [5.74, 6) is 0.917. The Morgan fingerprint density at radius 2 is 2.25 bits per heavy atom. The molecule has 0 spiro atoms. The summed E-state index contributed by atoms with van der Waals surface area (Å²) in [7, 11) is 0. The van der Waals surface area contributed by atoms with Gasteiger partial charge in [0.1, 0.15) is 0 Å². The fourth-order valence-corrected chi connectivity index (χ4v) is 2.83. The van der Waals surface area contributed by atoms with Crippen LogP contribution in [-0.4, -0.2) is 23.5 Å². The summed E-state index contributed by atoms with van der Waals surface area (Å²) in [6.07, 6.45) is 5.44. The van der Waals surface area contributed by atoms with Gasteiger partial charge in [-0.2, -0.15) is 5.26 Å². The molecule has 0 N–H and O–H groups in total. The van der Waals surface area contributed by atoms with Crippen LogP contribution in [0.3, 0.4) is 0 Å². The van der Waals surface area contributed by atoms with E-state index in [2.05, 4.69) is 11.0 Å². The number of fused-ring (bicyclic) bond motifs is 1. The first kappa shape index (κ1) is 8.07. The zero-order valence-electron chi connectivity index (χ0n) is 7.66. The third kappa shape index (κ3) is 1.13. The largest absolute Gasteiger partial charge is 0.285 e. The molecule has 66 valence electrons. The van der Waals surface area contributed by atoms with Crippen LogP contribution in [0.15, 0.2) is 0 Å². The van der Waals surface area contributed by atoms with Crippen molar-refractivity contribution in [2.75, 3.05) is 6.54 Å². The first-order chi connectivity index (χ1) is 5.83. The van der Waals surface area contributed by atoms with Crippen molar-refractivity contribution in [2.24, 2.45) is 5.92 Å². The molecule has 1 heterocycles. The van der Waals surface area contributed by atoms with E-state index in [0.29, 0.717) is 0 Å².